The van der Waals surface area contributed by atoms with E-state index in [4.69, 9.17) is 0 Å². The van der Waals surface area contributed by atoms with Crippen LogP contribution in [0, 0.1) is 23.0 Å². The lowest BCUT2D eigenvalue weighted by molar-refractivity contribution is 0.0490. The number of carbonyl (C=O) groups is 1. The predicted octanol–water partition coefficient (Wildman–Crippen LogP) is 5.78. The number of piperazine rings is 1. The van der Waals surface area contributed by atoms with Gasteiger partial charge in [-0.25, -0.2) is 13.6 Å². The molecule has 2 amide bonds. The van der Waals surface area contributed by atoms with Gasteiger partial charge in [-0.05, 0) is 60.8 Å². The molecule has 0 unspecified atom stereocenters. The lowest BCUT2D eigenvalue weighted by Crippen LogP contribution is -2.54. The zero-order valence-corrected chi connectivity index (χ0v) is 21.8. The van der Waals surface area contributed by atoms with Crippen molar-refractivity contribution in [2.75, 3.05) is 38.0 Å². The molecule has 1 fully saturated rings. The maximum Gasteiger partial charge on any atom is 0.319 e. The van der Waals surface area contributed by atoms with Crippen molar-refractivity contribution in [3.8, 4) is 17.2 Å². The summed E-state index contributed by atoms with van der Waals surface area (Å²) in [5.41, 5.74) is 3.69. The number of hydrogen-bond acceptors (Lipinski definition) is 4. The van der Waals surface area contributed by atoms with E-state index in [9.17, 15) is 18.8 Å². The number of carbonyl (C=O) groups excluding carboxylic acids is 1. The Hall–Kier alpha value is -3.80. The maximum absolute atomic E-state index is 13.5. The van der Waals surface area contributed by atoms with Gasteiger partial charge in [-0.2, -0.15) is 5.26 Å². The highest BCUT2D eigenvalue weighted by Gasteiger charge is 2.30. The van der Waals surface area contributed by atoms with Gasteiger partial charge >= 0.3 is 6.03 Å². The summed E-state index contributed by atoms with van der Waals surface area (Å²) in [5.74, 6) is -1.50. The molecule has 6 nitrogen and oxygen atoms in total. The number of nitriles is 1. The second-order valence-electron chi connectivity index (χ2n) is 9.71. The summed E-state index contributed by atoms with van der Waals surface area (Å²) >= 11 is 0. The van der Waals surface area contributed by atoms with Crippen molar-refractivity contribution < 1.29 is 13.6 Å². The minimum Gasteiger partial charge on any atom is -0.336 e. The van der Waals surface area contributed by atoms with Crippen LogP contribution in [0.15, 0.2) is 66.7 Å². The Morgan fingerprint density at radius 3 is 2.45 bits per heavy atom. The summed E-state index contributed by atoms with van der Waals surface area (Å²) in [7, 11) is 0. The molecule has 1 aliphatic heterocycles. The number of nitrogens with one attached hydrogen (secondary N) is 2. The highest BCUT2D eigenvalue weighted by atomic mass is 19.1. The molecule has 198 valence electrons. The SMILES string of the molecule is CCCN1CCN([C@@H](CNC(=O)Nc2cc(F)cc(F)c2)c2ccc(-c3cccc(C#N)c3)cc2)[C@@H](C)C1. The normalized spacial score (nSPS) is 17.0. The van der Waals surface area contributed by atoms with E-state index in [1.807, 2.05) is 30.3 Å². The summed E-state index contributed by atoms with van der Waals surface area (Å²) in [6.07, 6.45) is 1.10. The van der Waals surface area contributed by atoms with Gasteiger partial charge in [-0.1, -0.05) is 43.3 Å². The van der Waals surface area contributed by atoms with E-state index < -0.39 is 17.7 Å². The van der Waals surface area contributed by atoms with Gasteiger partial charge in [0.25, 0.3) is 0 Å². The fourth-order valence-corrected chi connectivity index (χ4v) is 5.11. The molecule has 38 heavy (non-hydrogen) atoms. The average molecular weight is 518 g/mol. The summed E-state index contributed by atoms with van der Waals surface area (Å²) < 4.78 is 27.1. The number of urea groups is 1. The zero-order chi connectivity index (χ0) is 27.1. The van der Waals surface area contributed by atoms with E-state index in [1.165, 1.54) is 0 Å². The number of amides is 2. The van der Waals surface area contributed by atoms with Crippen molar-refractivity contribution in [2.24, 2.45) is 0 Å². The minimum absolute atomic E-state index is 0.0575. The van der Waals surface area contributed by atoms with Gasteiger partial charge in [-0.3, -0.25) is 4.90 Å². The minimum atomic E-state index is -0.752. The largest absolute Gasteiger partial charge is 0.336 e. The van der Waals surface area contributed by atoms with E-state index in [-0.39, 0.29) is 17.8 Å². The Bertz CT molecular complexity index is 1270. The molecule has 1 saturated heterocycles. The van der Waals surface area contributed by atoms with Crippen LogP contribution in [0.4, 0.5) is 19.3 Å². The van der Waals surface area contributed by atoms with Crippen LogP contribution in [-0.4, -0.2) is 54.6 Å². The second-order valence-corrected chi connectivity index (χ2v) is 9.71. The van der Waals surface area contributed by atoms with Gasteiger partial charge in [0, 0.05) is 44.0 Å². The monoisotopic (exact) mass is 517 g/mol. The molecule has 0 aliphatic carbocycles. The van der Waals surface area contributed by atoms with Crippen LogP contribution in [0.3, 0.4) is 0 Å². The molecule has 0 aromatic heterocycles. The molecule has 4 rings (SSSR count). The first-order valence-corrected chi connectivity index (χ1v) is 13.0. The molecular weight excluding hydrogens is 484 g/mol. The highest BCUT2D eigenvalue weighted by molar-refractivity contribution is 5.89. The van der Waals surface area contributed by atoms with Crippen LogP contribution < -0.4 is 10.6 Å². The van der Waals surface area contributed by atoms with Gasteiger partial charge in [0.1, 0.15) is 11.6 Å². The molecule has 0 saturated carbocycles. The van der Waals surface area contributed by atoms with Crippen molar-refractivity contribution >= 4 is 11.7 Å². The molecule has 3 aromatic carbocycles. The third kappa shape index (κ3) is 6.94. The van der Waals surface area contributed by atoms with Crippen molar-refractivity contribution in [1.29, 1.82) is 5.26 Å². The summed E-state index contributed by atoms with van der Waals surface area (Å²) in [6.45, 7) is 8.51. The molecule has 1 heterocycles. The Morgan fingerprint density at radius 1 is 1.05 bits per heavy atom. The van der Waals surface area contributed by atoms with Crippen LogP contribution >= 0.6 is 0 Å². The molecule has 0 bridgehead atoms. The smallest absolute Gasteiger partial charge is 0.319 e. The molecule has 0 radical (unpaired) electrons. The highest BCUT2D eigenvalue weighted by Crippen LogP contribution is 2.28. The van der Waals surface area contributed by atoms with E-state index in [1.54, 1.807) is 6.07 Å². The van der Waals surface area contributed by atoms with Gasteiger partial charge in [0.2, 0.25) is 0 Å². The Labute approximate surface area is 222 Å². The van der Waals surface area contributed by atoms with Gasteiger partial charge in [0.15, 0.2) is 0 Å². The molecule has 1 aliphatic rings. The van der Waals surface area contributed by atoms with E-state index in [2.05, 4.69) is 52.5 Å². The Balaban J connectivity index is 1.52. The van der Waals surface area contributed by atoms with Crippen molar-refractivity contribution in [1.82, 2.24) is 15.1 Å². The summed E-state index contributed by atoms with van der Waals surface area (Å²) in [4.78, 5) is 17.5. The third-order valence-corrected chi connectivity index (χ3v) is 6.90. The molecule has 2 N–H and O–H groups in total. The number of rotatable bonds is 8. The predicted molar refractivity (Wildman–Crippen MR) is 146 cm³/mol. The van der Waals surface area contributed by atoms with Crippen molar-refractivity contribution in [3.05, 3.63) is 89.5 Å². The topological polar surface area (TPSA) is 71.4 Å². The molecule has 8 heteroatoms. The number of nitrogens with zero attached hydrogens (tertiary/aromatic N) is 3. The fourth-order valence-electron chi connectivity index (χ4n) is 5.11. The van der Waals surface area contributed by atoms with Crippen molar-refractivity contribution in [3.63, 3.8) is 0 Å². The van der Waals surface area contributed by atoms with Crippen molar-refractivity contribution in [2.45, 2.75) is 32.4 Å². The molecule has 2 atom stereocenters. The number of anilines is 1. The van der Waals surface area contributed by atoms with E-state index in [0.717, 1.165) is 67.5 Å². The van der Waals surface area contributed by atoms with Crippen LogP contribution in [0.5, 0.6) is 0 Å². The Morgan fingerprint density at radius 2 is 1.79 bits per heavy atom. The fraction of sp³-hybridized carbons (Fsp3) is 0.333. The Kier molecular flexibility index (Phi) is 9.06. The quantitative estimate of drug-likeness (QED) is 0.397. The third-order valence-electron chi connectivity index (χ3n) is 6.90. The number of halogens is 2. The molecule has 3 aromatic rings. The first-order valence-electron chi connectivity index (χ1n) is 13.0. The van der Waals surface area contributed by atoms with Crippen LogP contribution in [-0.2, 0) is 0 Å². The van der Waals surface area contributed by atoms with Crippen LogP contribution in [0.25, 0.3) is 11.1 Å². The van der Waals surface area contributed by atoms with Gasteiger partial charge in [0.05, 0.1) is 17.7 Å². The van der Waals surface area contributed by atoms with Crippen LogP contribution in [0.2, 0.25) is 0 Å². The maximum atomic E-state index is 13.5. The number of hydrogen-bond donors (Lipinski definition) is 2. The first kappa shape index (κ1) is 27.2. The average Bonchev–Trinajstić information content (AvgIpc) is 2.90. The first-order chi connectivity index (χ1) is 18.4. The molecule has 0 spiro atoms. The van der Waals surface area contributed by atoms with E-state index >= 15 is 0 Å². The summed E-state index contributed by atoms with van der Waals surface area (Å²) in [5, 5.41) is 14.7. The van der Waals surface area contributed by atoms with Gasteiger partial charge < -0.3 is 15.5 Å². The van der Waals surface area contributed by atoms with E-state index in [0.29, 0.717) is 12.1 Å². The zero-order valence-electron chi connectivity index (χ0n) is 21.8. The van der Waals surface area contributed by atoms with Crippen LogP contribution in [0.1, 0.15) is 37.4 Å². The lowest BCUT2D eigenvalue weighted by Gasteiger charge is -2.44. The number of benzene rings is 3. The standard InChI is InChI=1S/C30H33F2N5O/c1-3-11-36-12-13-37(21(2)20-36)29(19-34-30(38)35-28-16-26(31)15-27(32)17-28)24-9-7-23(8-10-24)25-6-4-5-22(14-25)18-33/h4-10,14-17,21,29H,3,11-13,19-20H2,1-2H3,(H2,34,35,38)/t21-,29-/m0/s1. The second kappa shape index (κ2) is 12.6. The molecular formula is C30H33F2N5O. The summed E-state index contributed by atoms with van der Waals surface area (Å²) in [6, 6.07) is 20.4. The lowest BCUT2D eigenvalue weighted by atomic mass is 9.97. The van der Waals surface area contributed by atoms with Gasteiger partial charge in [-0.15, -0.1) is 0 Å².